The lowest BCUT2D eigenvalue weighted by atomic mass is 10.0. The Hall–Kier alpha value is -1.52. The Morgan fingerprint density at radius 3 is 2.45 bits per heavy atom. The minimum absolute atomic E-state index is 0.0107. The molecule has 0 fully saturated rings. The Kier molecular flexibility index (Phi) is 5.04. The van der Waals surface area contributed by atoms with Gasteiger partial charge in [-0.05, 0) is 36.2 Å². The molecule has 0 amide bonds. The predicted molar refractivity (Wildman–Crippen MR) is 81.3 cm³/mol. The van der Waals surface area contributed by atoms with E-state index in [2.05, 4.69) is 15.9 Å². The van der Waals surface area contributed by atoms with Crippen molar-refractivity contribution in [3.05, 3.63) is 69.4 Å². The van der Waals surface area contributed by atoms with Gasteiger partial charge in [0.2, 0.25) is 0 Å². The Balaban J connectivity index is 2.11. The van der Waals surface area contributed by atoms with Crippen molar-refractivity contribution >= 4 is 21.7 Å². The second-order valence-corrected chi connectivity index (χ2v) is 5.43. The van der Waals surface area contributed by atoms with Gasteiger partial charge in [-0.25, -0.2) is 4.39 Å². The van der Waals surface area contributed by atoms with Crippen LogP contribution in [0.4, 0.5) is 4.39 Å². The van der Waals surface area contributed by atoms with Gasteiger partial charge in [0.15, 0.2) is 5.78 Å². The van der Waals surface area contributed by atoms with Crippen molar-refractivity contribution in [2.45, 2.75) is 12.8 Å². The van der Waals surface area contributed by atoms with E-state index in [1.54, 1.807) is 6.07 Å². The molecule has 2 aromatic carbocycles. The lowest BCUT2D eigenvalue weighted by Gasteiger charge is -2.05. The molecule has 0 aromatic heterocycles. The van der Waals surface area contributed by atoms with Crippen LogP contribution in [-0.4, -0.2) is 12.3 Å². The average Bonchev–Trinajstić information content (AvgIpc) is 2.43. The van der Waals surface area contributed by atoms with Crippen molar-refractivity contribution in [2.75, 3.05) is 6.54 Å². The molecule has 0 atom stereocenters. The highest BCUT2D eigenvalue weighted by Gasteiger charge is 2.10. The summed E-state index contributed by atoms with van der Waals surface area (Å²) in [5.74, 6) is -0.309. The molecule has 0 saturated heterocycles. The van der Waals surface area contributed by atoms with E-state index in [1.807, 2.05) is 24.3 Å². The van der Waals surface area contributed by atoms with Gasteiger partial charge in [-0.2, -0.15) is 0 Å². The zero-order valence-corrected chi connectivity index (χ0v) is 12.5. The van der Waals surface area contributed by atoms with Crippen molar-refractivity contribution < 1.29 is 9.18 Å². The van der Waals surface area contributed by atoms with Crippen LogP contribution >= 0.6 is 15.9 Å². The van der Waals surface area contributed by atoms with Crippen LogP contribution in [0.2, 0.25) is 0 Å². The normalized spacial score (nSPS) is 10.6. The van der Waals surface area contributed by atoms with Crippen LogP contribution in [0, 0.1) is 5.82 Å². The van der Waals surface area contributed by atoms with Crippen molar-refractivity contribution in [3.63, 3.8) is 0 Å². The molecule has 104 valence electrons. The van der Waals surface area contributed by atoms with Crippen molar-refractivity contribution in [2.24, 2.45) is 5.73 Å². The molecule has 20 heavy (non-hydrogen) atoms. The quantitative estimate of drug-likeness (QED) is 0.849. The lowest BCUT2D eigenvalue weighted by molar-refractivity contribution is 0.0992. The summed E-state index contributed by atoms with van der Waals surface area (Å²) in [6.45, 7) is 0.593. The summed E-state index contributed by atoms with van der Waals surface area (Å²) in [7, 11) is 0. The molecule has 0 spiro atoms. The number of nitrogens with two attached hydrogens (primary N) is 1. The molecule has 0 radical (unpaired) electrons. The zero-order valence-electron chi connectivity index (χ0n) is 10.9. The van der Waals surface area contributed by atoms with E-state index in [-0.39, 0.29) is 18.0 Å². The van der Waals surface area contributed by atoms with E-state index in [0.29, 0.717) is 16.6 Å². The third kappa shape index (κ3) is 3.74. The summed E-state index contributed by atoms with van der Waals surface area (Å²) in [5, 5.41) is 0. The summed E-state index contributed by atoms with van der Waals surface area (Å²) >= 11 is 3.27. The standard InChI is InChI=1S/C16H15BrFNO/c17-15-10-14(18)6-5-13(15)9-16(20)12-3-1-11(2-4-12)7-8-19/h1-6,10H,7-9,19H2. The molecule has 0 aliphatic carbocycles. The van der Waals surface area contributed by atoms with Gasteiger partial charge in [0.05, 0.1) is 0 Å². The Labute approximate surface area is 125 Å². The van der Waals surface area contributed by atoms with E-state index in [4.69, 9.17) is 5.73 Å². The molecular weight excluding hydrogens is 321 g/mol. The van der Waals surface area contributed by atoms with Crippen LogP contribution in [0.3, 0.4) is 0 Å². The molecule has 2 N–H and O–H groups in total. The molecule has 0 saturated carbocycles. The number of ketones is 1. The highest BCUT2D eigenvalue weighted by molar-refractivity contribution is 9.10. The molecule has 2 aromatic rings. The first kappa shape index (κ1) is 14.9. The molecule has 4 heteroatoms. The number of hydrogen-bond acceptors (Lipinski definition) is 2. The summed E-state index contributed by atoms with van der Waals surface area (Å²) < 4.78 is 13.6. The first-order valence-corrected chi connectivity index (χ1v) is 7.15. The monoisotopic (exact) mass is 335 g/mol. The molecular formula is C16H15BrFNO. The highest BCUT2D eigenvalue weighted by Crippen LogP contribution is 2.20. The van der Waals surface area contributed by atoms with E-state index in [1.165, 1.54) is 12.1 Å². The second-order valence-electron chi connectivity index (χ2n) is 4.57. The minimum atomic E-state index is -0.320. The van der Waals surface area contributed by atoms with Crippen LogP contribution in [0.1, 0.15) is 21.5 Å². The summed E-state index contributed by atoms with van der Waals surface area (Å²) in [5.41, 5.74) is 8.04. The van der Waals surface area contributed by atoms with Gasteiger partial charge in [0.25, 0.3) is 0 Å². The number of Topliss-reactive ketones (excluding diaryl/α,β-unsaturated/α-hetero) is 1. The van der Waals surface area contributed by atoms with Gasteiger partial charge in [0, 0.05) is 16.5 Å². The van der Waals surface area contributed by atoms with Gasteiger partial charge in [-0.3, -0.25) is 4.79 Å². The molecule has 2 rings (SSSR count). The fourth-order valence-corrected chi connectivity index (χ4v) is 2.46. The Morgan fingerprint density at radius 2 is 1.85 bits per heavy atom. The SMILES string of the molecule is NCCc1ccc(C(=O)Cc2ccc(F)cc2Br)cc1. The summed E-state index contributed by atoms with van der Waals surface area (Å²) in [6, 6.07) is 11.8. The minimum Gasteiger partial charge on any atom is -0.330 e. The maximum atomic E-state index is 13.0. The number of halogens is 2. The van der Waals surface area contributed by atoms with Crippen LogP contribution in [0.15, 0.2) is 46.9 Å². The van der Waals surface area contributed by atoms with Crippen LogP contribution < -0.4 is 5.73 Å². The second kappa shape index (κ2) is 6.77. The predicted octanol–water partition coefficient (Wildman–Crippen LogP) is 3.51. The number of rotatable bonds is 5. The van der Waals surface area contributed by atoms with E-state index >= 15 is 0 Å². The first-order chi connectivity index (χ1) is 9.60. The van der Waals surface area contributed by atoms with Crippen molar-refractivity contribution in [1.29, 1.82) is 0 Å². The number of carbonyl (C=O) groups excluding carboxylic acids is 1. The van der Waals surface area contributed by atoms with Crippen LogP contribution in [-0.2, 0) is 12.8 Å². The lowest BCUT2D eigenvalue weighted by Crippen LogP contribution is -2.06. The van der Waals surface area contributed by atoms with Crippen LogP contribution in [0.25, 0.3) is 0 Å². The van der Waals surface area contributed by atoms with Gasteiger partial charge in [-0.1, -0.05) is 46.3 Å². The summed E-state index contributed by atoms with van der Waals surface area (Å²) in [4.78, 5) is 12.2. The van der Waals surface area contributed by atoms with Gasteiger partial charge in [0.1, 0.15) is 5.82 Å². The van der Waals surface area contributed by atoms with Crippen LogP contribution in [0.5, 0.6) is 0 Å². The van der Waals surface area contributed by atoms with Crippen molar-refractivity contribution in [1.82, 2.24) is 0 Å². The molecule has 0 unspecified atom stereocenters. The van der Waals surface area contributed by atoms with E-state index in [0.717, 1.165) is 17.5 Å². The van der Waals surface area contributed by atoms with E-state index in [9.17, 15) is 9.18 Å². The zero-order chi connectivity index (χ0) is 14.5. The molecule has 0 heterocycles. The molecule has 0 bridgehead atoms. The Morgan fingerprint density at radius 1 is 1.15 bits per heavy atom. The topological polar surface area (TPSA) is 43.1 Å². The molecule has 2 nitrogen and oxygen atoms in total. The molecule has 0 aliphatic rings. The maximum Gasteiger partial charge on any atom is 0.167 e. The third-order valence-electron chi connectivity index (χ3n) is 3.08. The third-order valence-corrected chi connectivity index (χ3v) is 3.81. The maximum absolute atomic E-state index is 13.0. The Bertz CT molecular complexity index is 610. The average molecular weight is 336 g/mol. The fraction of sp³-hybridized carbons (Fsp3) is 0.188. The van der Waals surface area contributed by atoms with Gasteiger partial charge in [-0.15, -0.1) is 0 Å². The van der Waals surface area contributed by atoms with Crippen molar-refractivity contribution in [3.8, 4) is 0 Å². The number of hydrogen-bond donors (Lipinski definition) is 1. The number of benzene rings is 2. The number of carbonyl (C=O) groups is 1. The van der Waals surface area contributed by atoms with Gasteiger partial charge >= 0.3 is 0 Å². The smallest absolute Gasteiger partial charge is 0.167 e. The fourth-order valence-electron chi connectivity index (χ4n) is 1.96. The first-order valence-electron chi connectivity index (χ1n) is 6.36. The van der Waals surface area contributed by atoms with Gasteiger partial charge < -0.3 is 5.73 Å². The van der Waals surface area contributed by atoms with E-state index < -0.39 is 0 Å². The molecule has 0 aliphatic heterocycles. The highest BCUT2D eigenvalue weighted by atomic mass is 79.9. The summed E-state index contributed by atoms with van der Waals surface area (Å²) in [6.07, 6.45) is 1.05. The largest absolute Gasteiger partial charge is 0.330 e.